The molecule has 4 aliphatic carbocycles. The second-order valence-electron chi connectivity index (χ2n) is 23.9. The number of hydrogen-bond acceptors (Lipinski definition) is 26. The Labute approximate surface area is 477 Å². The molecule has 4 aromatic carbocycles. The number of phenols is 4. The van der Waals surface area contributed by atoms with Gasteiger partial charge in [0, 0.05) is 46.2 Å². The van der Waals surface area contributed by atoms with Crippen LogP contribution in [0.2, 0.25) is 0 Å². The van der Waals surface area contributed by atoms with Gasteiger partial charge in [-0.3, -0.25) is 28.8 Å². The fourth-order valence-corrected chi connectivity index (χ4v) is 14.1. The molecule has 2 saturated heterocycles. The van der Waals surface area contributed by atoms with Crippen LogP contribution in [0.3, 0.4) is 0 Å². The molecule has 26 heteroatoms. The first kappa shape index (κ1) is 58.6. The van der Waals surface area contributed by atoms with Gasteiger partial charge in [-0.05, 0) is 91.3 Å². The first-order chi connectivity index (χ1) is 39.1. The van der Waals surface area contributed by atoms with Gasteiger partial charge in [-0.25, -0.2) is 0 Å². The molecular formula is C58H62N2O24. The van der Waals surface area contributed by atoms with E-state index in [1.165, 1.54) is 27.7 Å². The van der Waals surface area contributed by atoms with Crippen molar-refractivity contribution in [3.63, 3.8) is 0 Å². The Morgan fingerprint density at radius 3 is 1.17 bits per heavy atom. The van der Waals surface area contributed by atoms with E-state index in [1.54, 1.807) is 38.0 Å². The number of phenolic OH excluding ortho intramolecular Hbond substituents is 4. The van der Waals surface area contributed by atoms with Crippen molar-refractivity contribution >= 4 is 35.1 Å². The van der Waals surface area contributed by atoms with Crippen molar-refractivity contribution in [3.8, 4) is 34.5 Å². The average Bonchev–Trinajstić information content (AvgIpc) is 1.83. The van der Waals surface area contributed by atoms with Gasteiger partial charge in [0.2, 0.25) is 24.1 Å². The Bertz CT molecular complexity index is 3400. The van der Waals surface area contributed by atoms with Gasteiger partial charge in [0.15, 0.2) is 11.6 Å². The summed E-state index contributed by atoms with van der Waals surface area (Å²) in [6.45, 7) is 5.63. The van der Waals surface area contributed by atoms with Crippen LogP contribution in [0.25, 0.3) is 0 Å². The molecule has 12 rings (SSSR count). The molecule has 84 heavy (non-hydrogen) atoms. The van der Waals surface area contributed by atoms with Crippen molar-refractivity contribution < 1.29 is 118 Å². The third kappa shape index (κ3) is 7.79. The van der Waals surface area contributed by atoms with E-state index in [0.29, 0.717) is 0 Å². The molecule has 26 nitrogen and oxygen atoms in total. The zero-order valence-corrected chi connectivity index (χ0v) is 46.8. The second-order valence-corrected chi connectivity index (χ2v) is 23.9. The van der Waals surface area contributed by atoms with Gasteiger partial charge in [-0.15, -0.1) is 0 Å². The SMILES string of the molecule is COC(=O)[C@@H]1c2cc3c(c(O)c2[C@@H](O)C[C@]1(C)O)C(=O)c1c(O)cc2c(c1C3=O)O[C@@H]1O[C@@]2(C)[C@H](O)[C@@H](N(C)C)[C@@H]1O.COC(=O)[C@@H]1c2cc3c(c(O)c2[C@@H](O)C[C@]1(C)O)C(=O)c1c(O)cc2c(c1C3=O)O[C@@H]1O[C@@]2(C)[C@H](O)[C@@H](N(C)C)[C@@H]1O. The monoisotopic (exact) mass is 1170 g/mol. The molecule has 4 aliphatic heterocycles. The van der Waals surface area contributed by atoms with Gasteiger partial charge >= 0.3 is 11.9 Å². The lowest BCUT2D eigenvalue weighted by Gasteiger charge is -2.53. The number of rotatable bonds is 4. The number of benzene rings is 4. The molecule has 0 spiro atoms. The first-order valence-electron chi connectivity index (χ1n) is 26.6. The molecule has 4 bridgehead atoms. The van der Waals surface area contributed by atoms with E-state index in [9.17, 15) is 90.0 Å². The maximum absolute atomic E-state index is 14.2. The standard InChI is InChI=1S/2C29H31NO12/c2*1-28(39)8-13(32)14-9(18(28)26(38)40-5)6-10-15(21(14)34)22(35)16-12(31)7-11-24(17(16)20(10)33)41-27-23(36)19(30(3)4)25(37)29(11,2)42-27/h2*6-7,13,18-19,23,25,27,31-32,34,36-37,39H,8H2,1-5H3/t2*13-,18-,19-,23-,25+,27+,28-,29+/m00/s1. The normalized spacial score (nSPS) is 34.6. The zero-order valence-electron chi connectivity index (χ0n) is 46.8. The number of aromatic hydroxyl groups is 4. The predicted molar refractivity (Wildman–Crippen MR) is 281 cm³/mol. The molecule has 4 heterocycles. The lowest BCUT2D eigenvalue weighted by Crippen LogP contribution is -2.68. The molecule has 0 saturated carbocycles. The summed E-state index contributed by atoms with van der Waals surface area (Å²) in [7, 11) is 8.79. The summed E-state index contributed by atoms with van der Waals surface area (Å²) >= 11 is 0. The number of ether oxygens (including phenoxy) is 6. The van der Waals surface area contributed by atoms with Crippen LogP contribution in [-0.2, 0) is 39.7 Å². The van der Waals surface area contributed by atoms with Crippen LogP contribution in [0.1, 0.15) is 162 Å². The van der Waals surface area contributed by atoms with Crippen molar-refractivity contribution in [2.75, 3.05) is 42.4 Å². The van der Waals surface area contributed by atoms with Gasteiger partial charge in [0.05, 0.1) is 83.1 Å². The van der Waals surface area contributed by atoms with E-state index >= 15 is 0 Å². The van der Waals surface area contributed by atoms with Crippen molar-refractivity contribution in [1.29, 1.82) is 0 Å². The van der Waals surface area contributed by atoms with Gasteiger partial charge in [0.1, 0.15) is 82.0 Å². The highest BCUT2D eigenvalue weighted by Gasteiger charge is 2.62. The Hall–Kier alpha value is -7.18. The summed E-state index contributed by atoms with van der Waals surface area (Å²) in [6, 6.07) is 2.88. The number of ketones is 4. The fraction of sp³-hybridized carbons (Fsp3) is 0.483. The van der Waals surface area contributed by atoms with Crippen molar-refractivity contribution in [2.24, 2.45) is 0 Å². The number of esters is 2. The van der Waals surface area contributed by atoms with E-state index in [1.807, 2.05) is 0 Å². The Kier molecular flexibility index (Phi) is 13.4. The van der Waals surface area contributed by atoms with Crippen LogP contribution in [0.4, 0.5) is 0 Å². The lowest BCUT2D eigenvalue weighted by atomic mass is 9.68. The number of hydrogen-bond donors (Lipinski definition) is 12. The predicted octanol–water partition coefficient (Wildman–Crippen LogP) is -0.132. The number of aliphatic hydroxyl groups excluding tert-OH is 6. The van der Waals surface area contributed by atoms with Crippen LogP contribution < -0.4 is 9.47 Å². The van der Waals surface area contributed by atoms with Gasteiger partial charge in [-0.2, -0.15) is 0 Å². The molecule has 8 aliphatic rings. The highest BCUT2D eigenvalue weighted by atomic mass is 16.7. The lowest BCUT2D eigenvalue weighted by molar-refractivity contribution is -0.311. The van der Waals surface area contributed by atoms with E-state index in [0.717, 1.165) is 38.5 Å². The van der Waals surface area contributed by atoms with Crippen LogP contribution >= 0.6 is 0 Å². The second kappa shape index (κ2) is 19.2. The first-order valence-corrected chi connectivity index (χ1v) is 26.6. The van der Waals surface area contributed by atoms with Crippen molar-refractivity contribution in [1.82, 2.24) is 9.80 Å². The van der Waals surface area contributed by atoms with E-state index in [2.05, 4.69) is 0 Å². The number of likely N-dealkylation sites (N-methyl/N-ethyl adjacent to an activating group) is 2. The summed E-state index contributed by atoms with van der Waals surface area (Å²) in [4.78, 5) is 84.9. The highest BCUT2D eigenvalue weighted by molar-refractivity contribution is 6.32. The molecule has 4 aromatic rings. The maximum Gasteiger partial charge on any atom is 0.316 e. The summed E-state index contributed by atoms with van der Waals surface area (Å²) in [5.41, 5.74) is -10.9. The topological polar surface area (TPSA) is 407 Å². The molecule has 0 amide bonds. The summed E-state index contributed by atoms with van der Waals surface area (Å²) in [5.74, 6) is -11.5. The largest absolute Gasteiger partial charge is 0.507 e. The highest BCUT2D eigenvalue weighted by Crippen LogP contribution is 2.58. The Morgan fingerprint density at radius 1 is 0.524 bits per heavy atom. The van der Waals surface area contributed by atoms with E-state index in [4.69, 9.17) is 28.4 Å². The molecule has 16 atom stereocenters. The fourth-order valence-electron chi connectivity index (χ4n) is 14.1. The zero-order chi connectivity index (χ0) is 61.6. The number of methoxy groups -OCH3 is 2. The van der Waals surface area contributed by atoms with Crippen LogP contribution in [0, 0.1) is 0 Å². The van der Waals surface area contributed by atoms with Crippen molar-refractivity contribution in [2.45, 2.75) is 136 Å². The molecular weight excluding hydrogens is 1110 g/mol. The van der Waals surface area contributed by atoms with E-state index < -0.39 is 176 Å². The van der Waals surface area contributed by atoms with Gasteiger partial charge in [0.25, 0.3) is 0 Å². The number of carbonyl (C=O) groups excluding carboxylic acids is 6. The Morgan fingerprint density at radius 2 is 0.857 bits per heavy atom. The molecule has 0 unspecified atom stereocenters. The maximum atomic E-state index is 14.2. The number of carbonyl (C=O) groups is 6. The number of nitrogens with zero attached hydrogens (tertiary/aromatic N) is 2. The molecule has 2 fully saturated rings. The minimum Gasteiger partial charge on any atom is -0.507 e. The van der Waals surface area contributed by atoms with Gasteiger partial charge in [-0.1, -0.05) is 0 Å². The summed E-state index contributed by atoms with van der Waals surface area (Å²) in [5, 5.41) is 133. The average molecular weight is 1170 g/mol. The van der Waals surface area contributed by atoms with Crippen molar-refractivity contribution in [3.05, 3.63) is 102 Å². The van der Waals surface area contributed by atoms with Crippen LogP contribution in [-0.4, -0.2) is 209 Å². The van der Waals surface area contributed by atoms with Gasteiger partial charge < -0.3 is 99.5 Å². The number of aliphatic hydroxyl groups is 8. The smallest absolute Gasteiger partial charge is 0.316 e. The molecule has 0 radical (unpaired) electrons. The van der Waals surface area contributed by atoms with E-state index in [-0.39, 0.29) is 80.0 Å². The minimum absolute atomic E-state index is 0.0545. The molecule has 0 aromatic heterocycles. The van der Waals surface area contributed by atoms with Crippen LogP contribution in [0.5, 0.6) is 34.5 Å². The summed E-state index contributed by atoms with van der Waals surface area (Å²) in [6.07, 6.45) is -12.0. The summed E-state index contributed by atoms with van der Waals surface area (Å²) < 4.78 is 33.4. The Balaban J connectivity index is 0.000000175. The quantitative estimate of drug-likeness (QED) is 0.102. The minimum atomic E-state index is -1.83. The third-order valence-corrected chi connectivity index (χ3v) is 18.2. The number of fused-ring (bicyclic) bond motifs is 16. The van der Waals surface area contributed by atoms with Crippen LogP contribution in [0.15, 0.2) is 24.3 Å². The molecule has 448 valence electrons. The third-order valence-electron chi connectivity index (χ3n) is 18.2. The molecule has 12 N–H and O–H groups in total.